The number of carbonyl (C=O) groups excluding carboxylic acids is 2. The van der Waals surface area contributed by atoms with Crippen LogP contribution in [0, 0.1) is 5.92 Å². The highest BCUT2D eigenvalue weighted by Crippen LogP contribution is 2.31. The summed E-state index contributed by atoms with van der Waals surface area (Å²) < 4.78 is 10.8. The lowest BCUT2D eigenvalue weighted by molar-refractivity contribution is -0.134. The van der Waals surface area contributed by atoms with Gasteiger partial charge in [-0.25, -0.2) is 9.69 Å². The Labute approximate surface area is 138 Å². The van der Waals surface area contributed by atoms with E-state index in [-0.39, 0.29) is 29.6 Å². The minimum Gasteiger partial charge on any atom is -0.447 e. The second kappa shape index (κ2) is 7.01. The predicted molar refractivity (Wildman–Crippen MR) is 86.8 cm³/mol. The van der Waals surface area contributed by atoms with Gasteiger partial charge in [0.25, 0.3) is 0 Å². The molecule has 0 bridgehead atoms. The number of allylic oxidation sites excluding steroid dienone is 1. The van der Waals surface area contributed by atoms with Crippen LogP contribution in [0.4, 0.5) is 4.79 Å². The maximum Gasteiger partial charge on any atom is 0.416 e. The van der Waals surface area contributed by atoms with E-state index in [9.17, 15) is 9.59 Å². The third kappa shape index (κ3) is 3.58. The normalized spacial score (nSPS) is 28.7. The largest absolute Gasteiger partial charge is 0.447 e. The van der Waals surface area contributed by atoms with E-state index in [0.717, 1.165) is 0 Å². The van der Waals surface area contributed by atoms with Crippen molar-refractivity contribution < 1.29 is 19.1 Å². The zero-order valence-electron chi connectivity index (χ0n) is 14.6. The Morgan fingerprint density at radius 1 is 1.43 bits per heavy atom. The molecule has 0 saturated carbocycles. The van der Waals surface area contributed by atoms with E-state index >= 15 is 0 Å². The highest BCUT2D eigenvalue weighted by Gasteiger charge is 2.43. The molecule has 2 aliphatic heterocycles. The molecule has 130 valence electrons. The molecule has 0 aromatic carbocycles. The Kier molecular flexibility index (Phi) is 5.47. The molecule has 6 heteroatoms. The van der Waals surface area contributed by atoms with Crippen LogP contribution in [0.1, 0.15) is 40.0 Å². The van der Waals surface area contributed by atoms with Crippen LogP contribution in [-0.2, 0) is 14.3 Å². The van der Waals surface area contributed by atoms with Gasteiger partial charge < -0.3 is 9.47 Å². The summed E-state index contributed by atoms with van der Waals surface area (Å²) in [6.45, 7) is 10.6. The number of rotatable bonds is 6. The first-order valence-corrected chi connectivity index (χ1v) is 8.29. The van der Waals surface area contributed by atoms with Gasteiger partial charge in [0.2, 0.25) is 5.91 Å². The minimum atomic E-state index is -0.521. The number of likely N-dealkylation sites (N-methyl/N-ethyl adjacent to an activating group) is 1. The van der Waals surface area contributed by atoms with Gasteiger partial charge in [-0.1, -0.05) is 13.0 Å². The summed E-state index contributed by atoms with van der Waals surface area (Å²) >= 11 is 0. The number of amides is 2. The van der Waals surface area contributed by atoms with Crippen molar-refractivity contribution in [3.63, 3.8) is 0 Å². The summed E-state index contributed by atoms with van der Waals surface area (Å²) in [6.07, 6.45) is 3.12. The van der Waals surface area contributed by atoms with Gasteiger partial charge in [-0.05, 0) is 40.2 Å². The third-order valence-electron chi connectivity index (χ3n) is 5.05. The van der Waals surface area contributed by atoms with Gasteiger partial charge in [0.1, 0.15) is 12.3 Å². The van der Waals surface area contributed by atoms with Gasteiger partial charge in [0, 0.05) is 12.0 Å². The molecular weight excluding hydrogens is 296 g/mol. The van der Waals surface area contributed by atoms with E-state index in [4.69, 9.17) is 9.47 Å². The van der Waals surface area contributed by atoms with Crippen LogP contribution in [0.3, 0.4) is 0 Å². The molecule has 6 nitrogen and oxygen atoms in total. The fraction of sp³-hybridized carbons (Fsp3) is 0.765. The molecule has 0 aromatic rings. The van der Waals surface area contributed by atoms with Crippen LogP contribution >= 0.6 is 0 Å². The van der Waals surface area contributed by atoms with Crippen molar-refractivity contribution in [2.75, 3.05) is 20.3 Å². The van der Waals surface area contributed by atoms with Crippen molar-refractivity contribution in [3.8, 4) is 0 Å². The van der Waals surface area contributed by atoms with Gasteiger partial charge in [0.05, 0.1) is 12.6 Å². The van der Waals surface area contributed by atoms with Crippen molar-refractivity contribution in [1.29, 1.82) is 0 Å². The summed E-state index contributed by atoms with van der Waals surface area (Å²) in [7, 11) is 2.01. The first-order valence-electron chi connectivity index (χ1n) is 8.29. The van der Waals surface area contributed by atoms with Gasteiger partial charge in [-0.15, -0.1) is 6.58 Å². The summed E-state index contributed by atoms with van der Waals surface area (Å²) in [5.74, 6) is -0.436. The van der Waals surface area contributed by atoms with Crippen LogP contribution in [0.2, 0.25) is 0 Å². The molecule has 23 heavy (non-hydrogen) atoms. The number of ether oxygens (including phenoxy) is 2. The van der Waals surface area contributed by atoms with Crippen molar-refractivity contribution >= 4 is 12.0 Å². The van der Waals surface area contributed by atoms with E-state index < -0.39 is 6.09 Å². The first-order chi connectivity index (χ1) is 10.8. The van der Waals surface area contributed by atoms with Crippen LogP contribution in [-0.4, -0.2) is 59.9 Å². The number of hydrogen-bond donors (Lipinski definition) is 0. The van der Waals surface area contributed by atoms with E-state index in [1.54, 1.807) is 6.08 Å². The van der Waals surface area contributed by atoms with Crippen molar-refractivity contribution in [2.45, 2.75) is 57.8 Å². The van der Waals surface area contributed by atoms with Crippen LogP contribution < -0.4 is 0 Å². The van der Waals surface area contributed by atoms with E-state index in [2.05, 4.69) is 11.5 Å². The van der Waals surface area contributed by atoms with Gasteiger partial charge >= 0.3 is 6.09 Å². The molecular formula is C17H28N2O4. The number of hydrogen-bond acceptors (Lipinski definition) is 5. The SMILES string of the molecule is C=CCC(CC1COC(C)(C)N1C)C(=O)N1C(=O)OCC1CC. The topological polar surface area (TPSA) is 59.1 Å². The zero-order chi connectivity index (χ0) is 17.2. The van der Waals surface area contributed by atoms with Crippen LogP contribution in [0.15, 0.2) is 12.7 Å². The Morgan fingerprint density at radius 3 is 2.65 bits per heavy atom. The maximum atomic E-state index is 12.9. The van der Waals surface area contributed by atoms with E-state index in [1.165, 1.54) is 4.90 Å². The standard InChI is InChI=1S/C17H28N2O4/c1-6-8-12(9-14-11-23-17(3,4)18(14)5)15(20)19-13(7-2)10-22-16(19)21/h6,12-14H,1,7-11H2,2-5H3. The zero-order valence-corrected chi connectivity index (χ0v) is 14.6. The number of carbonyl (C=O) groups is 2. The number of imide groups is 1. The van der Waals surface area contributed by atoms with E-state index in [1.807, 2.05) is 27.8 Å². The molecule has 2 fully saturated rings. The summed E-state index contributed by atoms with van der Waals surface area (Å²) in [5, 5.41) is 0. The smallest absolute Gasteiger partial charge is 0.416 e. The molecule has 0 aromatic heterocycles. The fourth-order valence-corrected chi connectivity index (χ4v) is 3.23. The molecule has 2 saturated heterocycles. The summed E-state index contributed by atoms with van der Waals surface area (Å²) in [6, 6.07) is -0.00564. The quantitative estimate of drug-likeness (QED) is 0.702. The molecule has 0 N–H and O–H groups in total. The lowest BCUT2D eigenvalue weighted by atomic mass is 9.94. The van der Waals surface area contributed by atoms with Crippen molar-refractivity contribution in [2.24, 2.45) is 5.92 Å². The second-order valence-corrected chi connectivity index (χ2v) is 6.83. The first kappa shape index (κ1) is 17.9. The summed E-state index contributed by atoms with van der Waals surface area (Å²) in [4.78, 5) is 28.3. The molecule has 2 rings (SSSR count). The molecule has 0 radical (unpaired) electrons. The minimum absolute atomic E-state index is 0.151. The monoisotopic (exact) mass is 324 g/mol. The lowest BCUT2D eigenvalue weighted by Crippen LogP contribution is -2.45. The molecule has 2 heterocycles. The molecule has 3 unspecified atom stereocenters. The Balaban J connectivity index is 2.10. The summed E-state index contributed by atoms with van der Waals surface area (Å²) in [5.41, 5.74) is -0.328. The number of cyclic esters (lactones) is 1. The molecule has 0 spiro atoms. The van der Waals surface area contributed by atoms with Crippen molar-refractivity contribution in [3.05, 3.63) is 12.7 Å². The number of nitrogens with zero attached hydrogens (tertiary/aromatic N) is 2. The van der Waals surface area contributed by atoms with Crippen molar-refractivity contribution in [1.82, 2.24) is 9.80 Å². The van der Waals surface area contributed by atoms with Gasteiger partial charge in [-0.2, -0.15) is 0 Å². The average molecular weight is 324 g/mol. The second-order valence-electron chi connectivity index (χ2n) is 6.83. The van der Waals surface area contributed by atoms with Gasteiger partial charge in [-0.3, -0.25) is 9.69 Å². The third-order valence-corrected chi connectivity index (χ3v) is 5.05. The van der Waals surface area contributed by atoms with E-state index in [0.29, 0.717) is 32.5 Å². The average Bonchev–Trinajstić information content (AvgIpc) is 3.00. The Bertz CT molecular complexity index is 477. The van der Waals surface area contributed by atoms with Gasteiger partial charge in [0.15, 0.2) is 0 Å². The Morgan fingerprint density at radius 2 is 2.13 bits per heavy atom. The molecule has 0 aliphatic carbocycles. The van der Waals surface area contributed by atoms with Crippen LogP contribution in [0.25, 0.3) is 0 Å². The highest BCUT2D eigenvalue weighted by molar-refractivity contribution is 5.94. The molecule has 2 amide bonds. The predicted octanol–water partition coefficient (Wildman–Crippen LogP) is 2.39. The fourth-order valence-electron chi connectivity index (χ4n) is 3.23. The Hall–Kier alpha value is -1.40. The highest BCUT2D eigenvalue weighted by atomic mass is 16.6. The van der Waals surface area contributed by atoms with Crippen LogP contribution in [0.5, 0.6) is 0 Å². The molecule has 3 atom stereocenters. The lowest BCUT2D eigenvalue weighted by Gasteiger charge is -2.31. The molecule has 2 aliphatic rings. The maximum absolute atomic E-state index is 12.9.